The molecule has 0 spiro atoms. The number of nitrogens with two attached hydrogens (primary N) is 1. The van der Waals surface area contributed by atoms with Crippen LogP contribution in [0.15, 0.2) is 42.9 Å². The van der Waals surface area contributed by atoms with Gasteiger partial charge in [0.2, 0.25) is 5.91 Å². The van der Waals surface area contributed by atoms with Gasteiger partial charge in [-0.25, -0.2) is 9.97 Å². The SMILES string of the molecule is CC(C(N)=O)c1ccccc1CCc1nc(Cc2cnn(C3CCN(C)CC3)c2)ncc1Cl. The number of nitrogens with zero attached hydrogens (tertiary/aromatic N) is 5. The molecule has 33 heavy (non-hydrogen) atoms. The van der Waals surface area contributed by atoms with E-state index in [-0.39, 0.29) is 11.8 Å². The van der Waals surface area contributed by atoms with Gasteiger partial charge >= 0.3 is 0 Å². The predicted molar refractivity (Wildman–Crippen MR) is 129 cm³/mol. The summed E-state index contributed by atoms with van der Waals surface area (Å²) in [6, 6.07) is 8.35. The number of likely N-dealkylation sites (tertiary alicyclic amines) is 1. The Balaban J connectivity index is 1.43. The van der Waals surface area contributed by atoms with Crippen molar-refractivity contribution in [2.75, 3.05) is 20.1 Å². The number of hydrogen-bond acceptors (Lipinski definition) is 5. The van der Waals surface area contributed by atoms with E-state index in [0.29, 0.717) is 23.9 Å². The maximum absolute atomic E-state index is 11.7. The van der Waals surface area contributed by atoms with Crippen molar-refractivity contribution >= 4 is 17.5 Å². The minimum Gasteiger partial charge on any atom is -0.369 e. The minimum atomic E-state index is -0.335. The summed E-state index contributed by atoms with van der Waals surface area (Å²) in [7, 11) is 2.16. The highest BCUT2D eigenvalue weighted by Crippen LogP contribution is 2.24. The van der Waals surface area contributed by atoms with Gasteiger partial charge < -0.3 is 10.6 Å². The Labute approximate surface area is 200 Å². The predicted octanol–water partition coefficient (Wildman–Crippen LogP) is 3.56. The minimum absolute atomic E-state index is 0.328. The Kier molecular flexibility index (Phi) is 7.40. The van der Waals surface area contributed by atoms with Crippen molar-refractivity contribution in [3.63, 3.8) is 0 Å². The fourth-order valence-electron chi connectivity index (χ4n) is 4.41. The average molecular weight is 467 g/mol. The number of rotatable bonds is 8. The quantitative estimate of drug-likeness (QED) is 0.548. The molecule has 1 aliphatic rings. The number of hydrogen-bond donors (Lipinski definition) is 1. The molecule has 2 aromatic heterocycles. The molecule has 2 N–H and O–H groups in total. The van der Waals surface area contributed by atoms with E-state index in [1.54, 1.807) is 6.20 Å². The van der Waals surface area contributed by atoms with Crippen LogP contribution in [0, 0.1) is 0 Å². The number of aromatic nitrogens is 4. The first kappa shape index (κ1) is 23.4. The number of carbonyl (C=O) groups excluding carboxylic acids is 1. The lowest BCUT2D eigenvalue weighted by atomic mass is 9.92. The van der Waals surface area contributed by atoms with E-state index < -0.39 is 0 Å². The van der Waals surface area contributed by atoms with Crippen LogP contribution in [0.4, 0.5) is 0 Å². The van der Waals surface area contributed by atoms with Crippen LogP contribution in [-0.4, -0.2) is 50.7 Å². The van der Waals surface area contributed by atoms with Crippen LogP contribution in [0.3, 0.4) is 0 Å². The van der Waals surface area contributed by atoms with Gasteiger partial charge in [0.25, 0.3) is 0 Å². The van der Waals surface area contributed by atoms with Crippen molar-refractivity contribution in [1.82, 2.24) is 24.6 Å². The zero-order valence-corrected chi connectivity index (χ0v) is 20.0. The zero-order chi connectivity index (χ0) is 23.4. The Bertz CT molecular complexity index is 1110. The van der Waals surface area contributed by atoms with Gasteiger partial charge in [0.1, 0.15) is 5.82 Å². The van der Waals surface area contributed by atoms with Crippen molar-refractivity contribution < 1.29 is 4.79 Å². The highest BCUT2D eigenvalue weighted by Gasteiger charge is 2.19. The van der Waals surface area contributed by atoms with Gasteiger partial charge in [-0.05, 0) is 69.4 Å². The molecular weight excluding hydrogens is 436 g/mol. The van der Waals surface area contributed by atoms with Gasteiger partial charge in [0.05, 0.1) is 28.9 Å². The molecule has 1 fully saturated rings. The third-order valence-corrected chi connectivity index (χ3v) is 6.84. The Hall–Kier alpha value is -2.77. The number of primary amides is 1. The molecule has 0 saturated carbocycles. The highest BCUT2D eigenvalue weighted by atomic mass is 35.5. The molecule has 8 heteroatoms. The summed E-state index contributed by atoms with van der Waals surface area (Å²) in [5.41, 5.74) is 9.48. The normalized spacial score (nSPS) is 16.1. The van der Waals surface area contributed by atoms with Crippen molar-refractivity contribution in [2.24, 2.45) is 5.73 Å². The highest BCUT2D eigenvalue weighted by molar-refractivity contribution is 6.31. The van der Waals surface area contributed by atoms with E-state index in [1.165, 1.54) is 0 Å². The smallest absolute Gasteiger partial charge is 0.224 e. The summed E-state index contributed by atoms with van der Waals surface area (Å²) in [6.07, 6.45) is 9.95. The first-order valence-corrected chi connectivity index (χ1v) is 11.9. The molecule has 1 saturated heterocycles. The number of amides is 1. The van der Waals surface area contributed by atoms with Gasteiger partial charge in [0, 0.05) is 18.8 Å². The van der Waals surface area contributed by atoms with Crippen molar-refractivity contribution in [2.45, 2.75) is 51.0 Å². The van der Waals surface area contributed by atoms with Crippen molar-refractivity contribution in [3.05, 3.63) is 76.1 Å². The van der Waals surface area contributed by atoms with Crippen LogP contribution in [0.5, 0.6) is 0 Å². The second kappa shape index (κ2) is 10.4. The van der Waals surface area contributed by atoms with Gasteiger partial charge in [-0.15, -0.1) is 0 Å². The summed E-state index contributed by atoms with van der Waals surface area (Å²) < 4.78 is 2.09. The summed E-state index contributed by atoms with van der Waals surface area (Å²) in [4.78, 5) is 23.2. The number of carbonyl (C=O) groups is 1. The summed E-state index contributed by atoms with van der Waals surface area (Å²) in [5.74, 6) is 0.0699. The van der Waals surface area contributed by atoms with E-state index in [2.05, 4.69) is 32.9 Å². The molecule has 3 heterocycles. The second-order valence-corrected chi connectivity index (χ2v) is 9.35. The molecule has 0 aliphatic carbocycles. The Morgan fingerprint density at radius 2 is 1.97 bits per heavy atom. The largest absolute Gasteiger partial charge is 0.369 e. The first-order valence-electron chi connectivity index (χ1n) is 11.5. The monoisotopic (exact) mass is 466 g/mol. The lowest BCUT2D eigenvalue weighted by molar-refractivity contribution is -0.119. The molecule has 7 nitrogen and oxygen atoms in total. The van der Waals surface area contributed by atoms with Crippen LogP contribution in [0.2, 0.25) is 5.02 Å². The van der Waals surface area contributed by atoms with Crippen LogP contribution in [0.25, 0.3) is 0 Å². The third kappa shape index (κ3) is 5.78. The van der Waals surface area contributed by atoms with Gasteiger partial charge in [-0.3, -0.25) is 9.48 Å². The Morgan fingerprint density at radius 1 is 1.21 bits per heavy atom. The Morgan fingerprint density at radius 3 is 2.73 bits per heavy atom. The van der Waals surface area contributed by atoms with E-state index in [0.717, 1.165) is 60.6 Å². The fourth-order valence-corrected chi connectivity index (χ4v) is 4.59. The topological polar surface area (TPSA) is 89.9 Å². The lowest BCUT2D eigenvalue weighted by Gasteiger charge is -2.28. The maximum atomic E-state index is 11.7. The third-order valence-electron chi connectivity index (χ3n) is 6.53. The summed E-state index contributed by atoms with van der Waals surface area (Å²) in [6.45, 7) is 4.04. The van der Waals surface area contributed by atoms with Gasteiger partial charge in [0.15, 0.2) is 0 Å². The molecule has 1 aliphatic heterocycles. The van der Waals surface area contributed by atoms with Gasteiger partial charge in [-0.2, -0.15) is 5.10 Å². The van der Waals surface area contributed by atoms with Crippen molar-refractivity contribution in [3.8, 4) is 0 Å². The van der Waals surface area contributed by atoms with E-state index in [1.807, 2.05) is 37.4 Å². The maximum Gasteiger partial charge on any atom is 0.224 e. The van der Waals surface area contributed by atoms with Gasteiger partial charge in [-0.1, -0.05) is 35.9 Å². The van der Waals surface area contributed by atoms with Crippen LogP contribution < -0.4 is 5.73 Å². The summed E-state index contributed by atoms with van der Waals surface area (Å²) >= 11 is 6.42. The molecule has 1 atom stereocenters. The molecule has 0 radical (unpaired) electrons. The van der Waals surface area contributed by atoms with Crippen LogP contribution in [-0.2, 0) is 24.1 Å². The fraction of sp³-hybridized carbons (Fsp3) is 0.440. The molecule has 1 aromatic carbocycles. The molecule has 4 rings (SSSR count). The van der Waals surface area contributed by atoms with Crippen LogP contribution >= 0.6 is 11.6 Å². The second-order valence-electron chi connectivity index (χ2n) is 8.94. The van der Waals surface area contributed by atoms with Crippen molar-refractivity contribution in [1.29, 1.82) is 0 Å². The standard InChI is InChI=1S/C25H31ClN6O/c1-17(25(27)33)21-6-4-3-5-19(21)7-8-23-22(26)15-28-24(30-23)13-18-14-29-32(16-18)20-9-11-31(2)12-10-20/h3-6,14-17,20H,7-13H2,1-2H3,(H2,27,33). The lowest BCUT2D eigenvalue weighted by Crippen LogP contribution is -2.31. The molecule has 174 valence electrons. The van der Waals surface area contributed by atoms with Crippen LogP contribution in [0.1, 0.15) is 59.9 Å². The number of piperidine rings is 1. The molecule has 0 bridgehead atoms. The van der Waals surface area contributed by atoms with E-state index in [4.69, 9.17) is 22.3 Å². The average Bonchev–Trinajstić information content (AvgIpc) is 3.28. The molecule has 3 aromatic rings. The number of aryl methyl sites for hydroxylation is 2. The molecule has 1 unspecified atom stereocenters. The van der Waals surface area contributed by atoms with E-state index >= 15 is 0 Å². The first-order chi connectivity index (χ1) is 15.9. The zero-order valence-electron chi connectivity index (χ0n) is 19.2. The number of benzene rings is 1. The number of halogens is 1. The van der Waals surface area contributed by atoms with E-state index in [9.17, 15) is 4.79 Å². The molecule has 1 amide bonds. The molecular formula is C25H31ClN6O. The summed E-state index contributed by atoms with van der Waals surface area (Å²) in [5, 5.41) is 5.15.